The number of hydrogen-bond acceptors (Lipinski definition) is 0. The maximum atomic E-state index is 15.1. The Kier molecular flexibility index (Phi) is 4.14. The fourth-order valence-corrected chi connectivity index (χ4v) is 3.44. The Balaban J connectivity index is 1.86. The predicted octanol–water partition coefficient (Wildman–Crippen LogP) is 7.38. The molecule has 0 aliphatic carbocycles. The van der Waals surface area contributed by atoms with Gasteiger partial charge in [-0.25, -0.2) is 4.39 Å². The number of alkyl halides is 3. The topological polar surface area (TPSA) is 0 Å². The summed E-state index contributed by atoms with van der Waals surface area (Å²) in [5.41, 5.74) is 1.18. The number of fused-ring (bicyclic) bond motifs is 3. The summed E-state index contributed by atoms with van der Waals surface area (Å²) in [5, 5.41) is 3.26. The first kappa shape index (κ1) is 17.5. The van der Waals surface area contributed by atoms with Crippen molar-refractivity contribution in [2.45, 2.75) is 19.5 Å². The van der Waals surface area contributed by atoms with E-state index in [2.05, 4.69) is 13.0 Å². The van der Waals surface area contributed by atoms with Crippen molar-refractivity contribution in [3.63, 3.8) is 0 Å². The number of rotatable bonds is 2. The number of halogens is 4. The highest BCUT2D eigenvalue weighted by atomic mass is 19.4. The summed E-state index contributed by atoms with van der Waals surface area (Å²) in [6.07, 6.45) is -3.48. The monoisotopic (exact) mass is 368 g/mol. The van der Waals surface area contributed by atoms with Crippen LogP contribution in [0, 0.1) is 5.82 Å². The Morgan fingerprint density at radius 1 is 0.741 bits per heavy atom. The smallest absolute Gasteiger partial charge is 0.206 e. The molecule has 0 spiro atoms. The summed E-state index contributed by atoms with van der Waals surface area (Å²) >= 11 is 0. The molecule has 4 aromatic rings. The molecule has 0 saturated heterocycles. The van der Waals surface area contributed by atoms with Crippen LogP contribution in [0.5, 0.6) is 0 Å². The van der Waals surface area contributed by atoms with Crippen molar-refractivity contribution in [3.8, 4) is 11.1 Å². The minimum Gasteiger partial charge on any atom is -0.206 e. The molecule has 0 N–H and O–H groups in total. The van der Waals surface area contributed by atoms with E-state index in [1.54, 1.807) is 12.1 Å². The van der Waals surface area contributed by atoms with Crippen LogP contribution >= 0.6 is 0 Å². The van der Waals surface area contributed by atoms with E-state index in [0.717, 1.165) is 34.7 Å². The van der Waals surface area contributed by atoms with Crippen LogP contribution in [-0.2, 0) is 12.6 Å². The standard InChI is InChI=1S/C23H16F4/c1-2-14-3-9-18-16(13-14)6-10-21-20(18)12-11-19(22(21)24)15-4-7-17(8-5-15)23(25,26)27/h3-13H,2H2,1H3. The van der Waals surface area contributed by atoms with Gasteiger partial charge in [0.15, 0.2) is 0 Å². The highest BCUT2D eigenvalue weighted by Gasteiger charge is 2.30. The van der Waals surface area contributed by atoms with Crippen molar-refractivity contribution in [1.82, 2.24) is 0 Å². The molecule has 0 heterocycles. The molecule has 0 nitrogen and oxygen atoms in total. The molecule has 0 saturated carbocycles. The third-order valence-electron chi connectivity index (χ3n) is 4.95. The molecular formula is C23H16F4. The fraction of sp³-hybridized carbons (Fsp3) is 0.130. The Hall–Kier alpha value is -2.88. The highest BCUT2D eigenvalue weighted by Crippen LogP contribution is 2.35. The van der Waals surface area contributed by atoms with Crippen LogP contribution in [0.3, 0.4) is 0 Å². The molecule has 4 heteroatoms. The molecular weight excluding hydrogens is 352 g/mol. The molecule has 0 aliphatic heterocycles. The maximum Gasteiger partial charge on any atom is 0.416 e. The molecule has 0 aliphatic rings. The highest BCUT2D eigenvalue weighted by molar-refractivity contribution is 6.08. The molecule has 4 aromatic carbocycles. The van der Waals surface area contributed by atoms with Gasteiger partial charge in [0.2, 0.25) is 0 Å². The molecule has 27 heavy (non-hydrogen) atoms. The second-order valence-electron chi connectivity index (χ2n) is 6.57. The van der Waals surface area contributed by atoms with Gasteiger partial charge in [-0.05, 0) is 45.8 Å². The quantitative estimate of drug-likeness (QED) is 0.256. The minimum atomic E-state index is -4.41. The van der Waals surface area contributed by atoms with Gasteiger partial charge in [-0.15, -0.1) is 0 Å². The zero-order valence-electron chi connectivity index (χ0n) is 14.6. The average molecular weight is 368 g/mol. The molecule has 0 atom stereocenters. The van der Waals surface area contributed by atoms with Crippen molar-refractivity contribution in [2.75, 3.05) is 0 Å². The molecule has 0 radical (unpaired) electrons. The lowest BCUT2D eigenvalue weighted by Gasteiger charge is -2.11. The SMILES string of the molecule is CCc1ccc2c(ccc3c(F)c(-c4ccc(C(F)(F)F)cc4)ccc32)c1. The summed E-state index contributed by atoms with van der Waals surface area (Å²) < 4.78 is 53.4. The average Bonchev–Trinajstić information content (AvgIpc) is 2.67. The molecule has 0 unspecified atom stereocenters. The predicted molar refractivity (Wildman–Crippen MR) is 101 cm³/mol. The summed E-state index contributed by atoms with van der Waals surface area (Å²) in [5.74, 6) is -0.422. The first-order valence-electron chi connectivity index (χ1n) is 8.70. The largest absolute Gasteiger partial charge is 0.416 e. The molecule has 4 rings (SSSR count). The number of hydrogen-bond donors (Lipinski definition) is 0. The van der Waals surface area contributed by atoms with Crippen molar-refractivity contribution < 1.29 is 17.6 Å². The van der Waals surface area contributed by atoms with Gasteiger partial charge in [0.05, 0.1) is 5.56 Å². The summed E-state index contributed by atoms with van der Waals surface area (Å²) in [6, 6.07) is 17.8. The van der Waals surface area contributed by atoms with Gasteiger partial charge in [0.25, 0.3) is 0 Å². The van der Waals surface area contributed by atoms with Crippen LogP contribution < -0.4 is 0 Å². The van der Waals surface area contributed by atoms with Crippen molar-refractivity contribution in [1.29, 1.82) is 0 Å². The summed E-state index contributed by atoms with van der Waals surface area (Å²) in [6.45, 7) is 2.08. The van der Waals surface area contributed by atoms with Gasteiger partial charge >= 0.3 is 6.18 Å². The van der Waals surface area contributed by atoms with Crippen LogP contribution in [0.1, 0.15) is 18.1 Å². The van der Waals surface area contributed by atoms with Gasteiger partial charge in [0.1, 0.15) is 5.82 Å². The van der Waals surface area contributed by atoms with Crippen LogP contribution in [0.4, 0.5) is 17.6 Å². The third kappa shape index (κ3) is 3.05. The fourth-order valence-electron chi connectivity index (χ4n) is 3.44. The van der Waals surface area contributed by atoms with Crippen molar-refractivity contribution in [2.24, 2.45) is 0 Å². The van der Waals surface area contributed by atoms with E-state index in [9.17, 15) is 13.2 Å². The van der Waals surface area contributed by atoms with Gasteiger partial charge in [-0.3, -0.25) is 0 Å². The molecule has 0 fully saturated rings. The van der Waals surface area contributed by atoms with E-state index in [-0.39, 0.29) is 0 Å². The Labute approximate surface area is 154 Å². The number of benzene rings is 4. The second kappa shape index (κ2) is 6.38. The van der Waals surface area contributed by atoms with E-state index in [4.69, 9.17) is 0 Å². The molecule has 136 valence electrons. The van der Waals surface area contributed by atoms with Crippen molar-refractivity contribution in [3.05, 3.63) is 83.7 Å². The Morgan fingerprint density at radius 3 is 2.07 bits per heavy atom. The van der Waals surface area contributed by atoms with E-state index in [0.29, 0.717) is 16.5 Å². The van der Waals surface area contributed by atoms with E-state index >= 15 is 4.39 Å². The van der Waals surface area contributed by atoms with E-state index in [1.165, 1.54) is 17.7 Å². The minimum absolute atomic E-state index is 0.292. The van der Waals surface area contributed by atoms with Crippen LogP contribution in [0.15, 0.2) is 66.7 Å². The number of aryl methyl sites for hydroxylation is 1. The lowest BCUT2D eigenvalue weighted by atomic mass is 9.95. The second-order valence-corrected chi connectivity index (χ2v) is 6.57. The van der Waals surface area contributed by atoms with Gasteiger partial charge in [-0.1, -0.05) is 61.5 Å². The van der Waals surface area contributed by atoms with Gasteiger partial charge < -0.3 is 0 Å². The normalized spacial score (nSPS) is 12.0. The molecule has 0 aromatic heterocycles. The lowest BCUT2D eigenvalue weighted by molar-refractivity contribution is -0.137. The van der Waals surface area contributed by atoms with Gasteiger partial charge in [0, 0.05) is 10.9 Å². The Morgan fingerprint density at radius 2 is 1.41 bits per heavy atom. The zero-order valence-corrected chi connectivity index (χ0v) is 14.6. The maximum absolute atomic E-state index is 15.1. The molecule has 0 amide bonds. The zero-order chi connectivity index (χ0) is 19.2. The van der Waals surface area contributed by atoms with Gasteiger partial charge in [-0.2, -0.15) is 13.2 Å². The summed E-state index contributed by atoms with van der Waals surface area (Å²) in [7, 11) is 0. The van der Waals surface area contributed by atoms with E-state index < -0.39 is 17.6 Å². The first-order valence-corrected chi connectivity index (χ1v) is 8.70. The van der Waals surface area contributed by atoms with Crippen LogP contribution in [-0.4, -0.2) is 0 Å². The molecule has 0 bridgehead atoms. The van der Waals surface area contributed by atoms with Crippen LogP contribution in [0.25, 0.3) is 32.7 Å². The van der Waals surface area contributed by atoms with E-state index in [1.807, 2.05) is 24.3 Å². The third-order valence-corrected chi connectivity index (χ3v) is 4.95. The van der Waals surface area contributed by atoms with Crippen molar-refractivity contribution >= 4 is 21.5 Å². The Bertz CT molecular complexity index is 1140. The lowest BCUT2D eigenvalue weighted by Crippen LogP contribution is -2.04. The van der Waals surface area contributed by atoms with Crippen LogP contribution in [0.2, 0.25) is 0 Å². The first-order chi connectivity index (χ1) is 12.9. The summed E-state index contributed by atoms with van der Waals surface area (Å²) in [4.78, 5) is 0.